The molecule has 0 aliphatic rings. The molecule has 0 aliphatic heterocycles. The van der Waals surface area contributed by atoms with E-state index in [1.165, 1.54) is 11.8 Å². The first-order valence-electron chi connectivity index (χ1n) is 9.45. The number of carbonyl (C=O) groups is 1. The lowest BCUT2D eigenvalue weighted by atomic mass is 10.1. The summed E-state index contributed by atoms with van der Waals surface area (Å²) in [5, 5.41) is 12.3. The number of amides is 1. The second-order valence-electron chi connectivity index (χ2n) is 6.69. The molecule has 0 bridgehead atoms. The summed E-state index contributed by atoms with van der Waals surface area (Å²) in [4.78, 5) is 21.1. The lowest BCUT2D eigenvalue weighted by Crippen LogP contribution is -2.16. The lowest BCUT2D eigenvalue weighted by Gasteiger charge is -2.12. The molecule has 0 atom stereocenters. The van der Waals surface area contributed by atoms with Gasteiger partial charge in [-0.3, -0.25) is 4.79 Å². The molecule has 1 heterocycles. The van der Waals surface area contributed by atoms with Gasteiger partial charge in [0.2, 0.25) is 5.91 Å². The summed E-state index contributed by atoms with van der Waals surface area (Å²) >= 11 is 1.31. The van der Waals surface area contributed by atoms with E-state index in [0.29, 0.717) is 29.6 Å². The Bertz CT molecular complexity index is 1040. The van der Waals surface area contributed by atoms with E-state index in [1.807, 2.05) is 68.4 Å². The fourth-order valence-corrected chi connectivity index (χ4v) is 3.55. The number of hydrogen-bond donors (Lipinski definition) is 1. The van der Waals surface area contributed by atoms with Crippen molar-refractivity contribution in [1.82, 2.24) is 9.97 Å². The quantitative estimate of drug-likeness (QED) is 0.429. The van der Waals surface area contributed by atoms with Gasteiger partial charge in [-0.2, -0.15) is 5.26 Å². The summed E-state index contributed by atoms with van der Waals surface area (Å²) in [6.45, 7) is 4.14. The van der Waals surface area contributed by atoms with Crippen LogP contribution >= 0.6 is 11.8 Å². The van der Waals surface area contributed by atoms with Gasteiger partial charge >= 0.3 is 0 Å². The highest BCUT2D eigenvalue weighted by molar-refractivity contribution is 7.99. The maximum absolute atomic E-state index is 12.4. The number of carbonyl (C=O) groups excluding carboxylic acids is 1. The number of anilines is 1. The average molecular weight is 419 g/mol. The highest BCUT2D eigenvalue weighted by Crippen LogP contribution is 2.20. The molecule has 3 rings (SSSR count). The first-order valence-corrected chi connectivity index (χ1v) is 10.4. The van der Waals surface area contributed by atoms with Crippen molar-refractivity contribution in [3.8, 4) is 11.8 Å². The summed E-state index contributed by atoms with van der Waals surface area (Å²) in [7, 11) is 0. The van der Waals surface area contributed by atoms with Crippen LogP contribution < -0.4 is 10.1 Å². The van der Waals surface area contributed by atoms with Gasteiger partial charge < -0.3 is 10.1 Å². The van der Waals surface area contributed by atoms with Gasteiger partial charge in [0.1, 0.15) is 12.4 Å². The summed E-state index contributed by atoms with van der Waals surface area (Å²) < 4.78 is 5.84. The number of nitrogens with zero attached hydrogens (tertiary/aromatic N) is 3. The van der Waals surface area contributed by atoms with Crippen molar-refractivity contribution in [1.29, 1.82) is 5.26 Å². The van der Waals surface area contributed by atoms with Gasteiger partial charge in [0.05, 0.1) is 18.2 Å². The van der Waals surface area contributed by atoms with E-state index >= 15 is 0 Å². The van der Waals surface area contributed by atoms with Crippen LogP contribution in [0.15, 0.2) is 59.8 Å². The van der Waals surface area contributed by atoms with Crippen molar-refractivity contribution in [2.75, 3.05) is 11.1 Å². The predicted molar refractivity (Wildman–Crippen MR) is 117 cm³/mol. The number of aromatic nitrogens is 2. The van der Waals surface area contributed by atoms with Crippen molar-refractivity contribution >= 4 is 23.4 Å². The van der Waals surface area contributed by atoms with Crippen LogP contribution in [-0.2, 0) is 17.8 Å². The van der Waals surface area contributed by atoms with Crippen LogP contribution in [0.2, 0.25) is 0 Å². The van der Waals surface area contributed by atoms with Crippen molar-refractivity contribution in [2.45, 2.75) is 32.0 Å². The molecule has 6 nitrogen and oxygen atoms in total. The maximum atomic E-state index is 12.4. The van der Waals surface area contributed by atoms with Crippen molar-refractivity contribution in [2.24, 2.45) is 0 Å². The molecule has 7 heteroatoms. The van der Waals surface area contributed by atoms with Gasteiger partial charge in [-0.15, -0.1) is 0 Å². The molecule has 1 N–H and O–H groups in total. The fourth-order valence-electron chi connectivity index (χ4n) is 2.80. The molecule has 0 aliphatic carbocycles. The molecule has 1 aromatic heterocycles. The van der Waals surface area contributed by atoms with Gasteiger partial charge in [-0.1, -0.05) is 42.1 Å². The van der Waals surface area contributed by atoms with Crippen LogP contribution in [0.3, 0.4) is 0 Å². The summed E-state index contributed by atoms with van der Waals surface area (Å²) in [5.41, 5.74) is 4.30. The zero-order valence-corrected chi connectivity index (χ0v) is 17.7. The predicted octanol–water partition coefficient (Wildman–Crippen LogP) is 4.47. The molecule has 0 fully saturated rings. The van der Waals surface area contributed by atoms with E-state index in [2.05, 4.69) is 21.4 Å². The maximum Gasteiger partial charge on any atom is 0.234 e. The van der Waals surface area contributed by atoms with Crippen molar-refractivity contribution < 1.29 is 9.53 Å². The minimum Gasteiger partial charge on any atom is -0.489 e. The second kappa shape index (κ2) is 10.4. The molecule has 0 radical (unpaired) electrons. The Kier molecular flexibility index (Phi) is 7.41. The molecule has 3 aromatic rings. The zero-order valence-electron chi connectivity index (χ0n) is 16.9. The number of benzene rings is 2. The third kappa shape index (κ3) is 6.33. The van der Waals surface area contributed by atoms with E-state index in [1.54, 1.807) is 0 Å². The van der Waals surface area contributed by atoms with Crippen LogP contribution in [0, 0.1) is 25.2 Å². The van der Waals surface area contributed by atoms with E-state index < -0.39 is 0 Å². The molecular formula is C23H22N4O2S. The largest absolute Gasteiger partial charge is 0.489 e. The van der Waals surface area contributed by atoms with Gasteiger partial charge in [0, 0.05) is 22.6 Å². The number of nitriles is 1. The van der Waals surface area contributed by atoms with Crippen LogP contribution in [-0.4, -0.2) is 21.6 Å². The number of hydrogen-bond acceptors (Lipinski definition) is 6. The molecule has 0 saturated carbocycles. The Morgan fingerprint density at radius 2 is 1.80 bits per heavy atom. The Hall–Kier alpha value is -3.37. The molecule has 1 amide bonds. The lowest BCUT2D eigenvalue weighted by molar-refractivity contribution is -0.113. The van der Waals surface area contributed by atoms with Crippen molar-refractivity contribution in [3.63, 3.8) is 0 Å². The van der Waals surface area contributed by atoms with Gasteiger partial charge in [0.25, 0.3) is 0 Å². The average Bonchev–Trinajstić information content (AvgIpc) is 2.72. The standard InChI is InChI=1S/C23H22N4O2S/c1-16-13-17(2)26-23(25-16)30-15-22(28)27-21-6-4-3-5-19(21)14-29-20-9-7-18(8-10-20)11-12-24/h3-10,13H,11,14-15H2,1-2H3,(H,27,28). The van der Waals surface area contributed by atoms with E-state index in [9.17, 15) is 4.79 Å². The highest BCUT2D eigenvalue weighted by atomic mass is 32.2. The molecular weight excluding hydrogens is 396 g/mol. The fraction of sp³-hybridized carbons (Fsp3) is 0.217. The Morgan fingerprint density at radius 3 is 2.50 bits per heavy atom. The number of para-hydroxylation sites is 1. The van der Waals surface area contributed by atoms with E-state index in [-0.39, 0.29) is 11.7 Å². The van der Waals surface area contributed by atoms with E-state index in [4.69, 9.17) is 10.00 Å². The Morgan fingerprint density at radius 1 is 1.10 bits per heavy atom. The SMILES string of the molecule is Cc1cc(C)nc(SCC(=O)Nc2ccccc2COc2ccc(CC#N)cc2)n1. The van der Waals surface area contributed by atoms with Crippen molar-refractivity contribution in [3.05, 3.63) is 77.1 Å². The third-order valence-electron chi connectivity index (χ3n) is 4.19. The molecule has 30 heavy (non-hydrogen) atoms. The Balaban J connectivity index is 1.57. The molecule has 0 saturated heterocycles. The number of ether oxygens (including phenoxy) is 1. The monoisotopic (exact) mass is 418 g/mol. The molecule has 0 spiro atoms. The van der Waals surface area contributed by atoms with Gasteiger partial charge in [-0.05, 0) is 43.7 Å². The number of aryl methyl sites for hydroxylation is 2. The van der Waals surface area contributed by atoms with E-state index in [0.717, 1.165) is 22.5 Å². The third-order valence-corrected chi connectivity index (χ3v) is 5.03. The highest BCUT2D eigenvalue weighted by Gasteiger charge is 2.10. The number of rotatable bonds is 8. The van der Waals surface area contributed by atoms with Crippen LogP contribution in [0.4, 0.5) is 5.69 Å². The summed E-state index contributed by atoms with van der Waals surface area (Å²) in [6, 6.07) is 19.0. The minimum atomic E-state index is -0.129. The van der Waals surface area contributed by atoms with Crippen LogP contribution in [0.1, 0.15) is 22.5 Å². The first-order chi connectivity index (χ1) is 14.5. The normalized spacial score (nSPS) is 10.3. The summed E-state index contributed by atoms with van der Waals surface area (Å²) in [5.74, 6) is 0.801. The molecule has 152 valence electrons. The van der Waals surface area contributed by atoms with Gasteiger partial charge in [0.15, 0.2) is 5.16 Å². The van der Waals surface area contributed by atoms with Crippen LogP contribution in [0.5, 0.6) is 5.75 Å². The second-order valence-corrected chi connectivity index (χ2v) is 7.64. The number of nitrogens with one attached hydrogen (secondary N) is 1. The smallest absolute Gasteiger partial charge is 0.234 e. The Labute approximate surface area is 180 Å². The topological polar surface area (TPSA) is 87.9 Å². The molecule has 0 unspecified atom stereocenters. The zero-order chi connectivity index (χ0) is 21.3. The van der Waals surface area contributed by atoms with Crippen LogP contribution in [0.25, 0.3) is 0 Å². The molecule has 2 aromatic carbocycles. The number of thioether (sulfide) groups is 1. The minimum absolute atomic E-state index is 0.129. The van der Waals surface area contributed by atoms with Gasteiger partial charge in [-0.25, -0.2) is 9.97 Å². The summed E-state index contributed by atoms with van der Waals surface area (Å²) in [6.07, 6.45) is 0.375. The first kappa shape index (κ1) is 21.3.